The van der Waals surface area contributed by atoms with Crippen molar-refractivity contribution in [2.45, 2.75) is 26.8 Å². The zero-order chi connectivity index (χ0) is 12.7. The molecular formula is C14H24N2O. The fourth-order valence-electron chi connectivity index (χ4n) is 1.70. The quantitative estimate of drug-likeness (QED) is 0.715. The number of anilines is 1. The minimum atomic E-state index is 0.250. The van der Waals surface area contributed by atoms with Crippen molar-refractivity contribution in [1.29, 1.82) is 0 Å². The molecular weight excluding hydrogens is 212 g/mol. The first-order valence-corrected chi connectivity index (χ1v) is 6.08. The number of hydrogen-bond donors (Lipinski definition) is 2. The second-order valence-electron chi connectivity index (χ2n) is 5.21. The van der Waals surface area contributed by atoms with Crippen molar-refractivity contribution in [1.82, 2.24) is 5.32 Å². The van der Waals surface area contributed by atoms with Gasteiger partial charge in [-0.2, -0.15) is 0 Å². The highest BCUT2D eigenvalue weighted by molar-refractivity contribution is 5.46. The van der Waals surface area contributed by atoms with Gasteiger partial charge < -0.3 is 15.8 Å². The summed E-state index contributed by atoms with van der Waals surface area (Å²) >= 11 is 0. The van der Waals surface area contributed by atoms with Crippen molar-refractivity contribution in [3.63, 3.8) is 0 Å². The zero-order valence-corrected chi connectivity index (χ0v) is 11.1. The van der Waals surface area contributed by atoms with Crippen molar-refractivity contribution in [2.75, 3.05) is 26.0 Å². The van der Waals surface area contributed by atoms with E-state index in [1.54, 1.807) is 7.11 Å². The van der Waals surface area contributed by atoms with Gasteiger partial charge >= 0.3 is 0 Å². The summed E-state index contributed by atoms with van der Waals surface area (Å²) in [6.07, 6.45) is 1.06. The van der Waals surface area contributed by atoms with Crippen LogP contribution in [0, 0.1) is 5.41 Å². The third-order valence-electron chi connectivity index (χ3n) is 2.96. The average molecular weight is 236 g/mol. The molecule has 0 amide bonds. The lowest BCUT2D eigenvalue weighted by molar-refractivity contribution is 0.150. The highest BCUT2D eigenvalue weighted by Crippen LogP contribution is 2.19. The second-order valence-corrected chi connectivity index (χ2v) is 5.21. The fourth-order valence-corrected chi connectivity index (χ4v) is 1.70. The van der Waals surface area contributed by atoms with Crippen LogP contribution in [0.1, 0.15) is 25.8 Å². The standard InChI is InChI=1S/C14H24N2O/c1-14(2,8-9-17-3)11-16-10-12-6-4-5-7-13(12)15/h4-7,16H,8-11,15H2,1-3H3. The van der Waals surface area contributed by atoms with Gasteiger partial charge in [-0.15, -0.1) is 0 Å². The van der Waals surface area contributed by atoms with Crippen LogP contribution in [0.2, 0.25) is 0 Å². The molecule has 0 bridgehead atoms. The smallest absolute Gasteiger partial charge is 0.0467 e. The van der Waals surface area contributed by atoms with E-state index in [1.807, 2.05) is 18.2 Å². The summed E-state index contributed by atoms with van der Waals surface area (Å²) in [4.78, 5) is 0. The molecule has 17 heavy (non-hydrogen) atoms. The molecule has 0 radical (unpaired) electrons. The first-order valence-electron chi connectivity index (χ1n) is 6.08. The molecule has 0 heterocycles. The monoisotopic (exact) mass is 236 g/mol. The topological polar surface area (TPSA) is 47.3 Å². The van der Waals surface area contributed by atoms with Gasteiger partial charge in [-0.3, -0.25) is 0 Å². The van der Waals surface area contributed by atoms with E-state index in [0.29, 0.717) is 0 Å². The molecule has 3 nitrogen and oxygen atoms in total. The summed E-state index contributed by atoms with van der Waals surface area (Å²) in [6, 6.07) is 7.97. The van der Waals surface area contributed by atoms with Crippen LogP contribution in [-0.4, -0.2) is 20.3 Å². The van der Waals surface area contributed by atoms with Crippen molar-refractivity contribution >= 4 is 5.69 Å². The molecule has 0 saturated heterocycles. The Kier molecular flexibility index (Phi) is 5.45. The Morgan fingerprint density at radius 3 is 2.65 bits per heavy atom. The number of hydrogen-bond acceptors (Lipinski definition) is 3. The maximum absolute atomic E-state index is 5.89. The summed E-state index contributed by atoms with van der Waals surface area (Å²) in [5.41, 5.74) is 8.16. The Hall–Kier alpha value is -1.06. The zero-order valence-electron chi connectivity index (χ0n) is 11.1. The molecule has 0 aliphatic heterocycles. The van der Waals surface area contributed by atoms with Crippen LogP contribution < -0.4 is 11.1 Å². The van der Waals surface area contributed by atoms with Crippen molar-refractivity contribution < 1.29 is 4.74 Å². The normalized spacial score (nSPS) is 11.7. The van der Waals surface area contributed by atoms with Crippen molar-refractivity contribution in [2.24, 2.45) is 5.41 Å². The Morgan fingerprint density at radius 1 is 1.29 bits per heavy atom. The average Bonchev–Trinajstić information content (AvgIpc) is 2.29. The fraction of sp³-hybridized carbons (Fsp3) is 0.571. The molecule has 0 aliphatic rings. The molecule has 0 atom stereocenters. The molecule has 1 aromatic carbocycles. The first kappa shape index (κ1) is 14.0. The molecule has 3 N–H and O–H groups in total. The predicted molar refractivity (Wildman–Crippen MR) is 72.8 cm³/mol. The molecule has 0 aromatic heterocycles. The number of nitrogens with one attached hydrogen (secondary N) is 1. The van der Waals surface area contributed by atoms with E-state index in [0.717, 1.165) is 37.4 Å². The lowest BCUT2D eigenvalue weighted by atomic mass is 9.89. The van der Waals surface area contributed by atoms with E-state index in [9.17, 15) is 0 Å². The molecule has 3 heteroatoms. The molecule has 1 rings (SSSR count). The highest BCUT2D eigenvalue weighted by Gasteiger charge is 2.16. The van der Waals surface area contributed by atoms with Crippen LogP contribution >= 0.6 is 0 Å². The lowest BCUT2D eigenvalue weighted by Gasteiger charge is -2.24. The maximum Gasteiger partial charge on any atom is 0.0467 e. The number of nitrogen functional groups attached to an aromatic ring is 1. The van der Waals surface area contributed by atoms with Gasteiger partial charge in [0.1, 0.15) is 0 Å². The molecule has 0 spiro atoms. The highest BCUT2D eigenvalue weighted by atomic mass is 16.5. The lowest BCUT2D eigenvalue weighted by Crippen LogP contribution is -2.30. The Labute approximate surface area is 104 Å². The van der Waals surface area contributed by atoms with E-state index in [1.165, 1.54) is 0 Å². The SMILES string of the molecule is COCCC(C)(C)CNCc1ccccc1N. The summed E-state index contributed by atoms with van der Waals surface area (Å²) in [7, 11) is 1.74. The van der Waals surface area contributed by atoms with Gasteiger partial charge in [-0.1, -0.05) is 32.0 Å². The number of methoxy groups -OCH3 is 1. The molecule has 0 fully saturated rings. The van der Waals surface area contributed by atoms with Crippen LogP contribution in [-0.2, 0) is 11.3 Å². The third-order valence-corrected chi connectivity index (χ3v) is 2.96. The van der Waals surface area contributed by atoms with Crippen LogP contribution in [0.3, 0.4) is 0 Å². The number of nitrogens with two attached hydrogens (primary N) is 1. The molecule has 0 aliphatic carbocycles. The van der Waals surface area contributed by atoms with Crippen LogP contribution in [0.25, 0.3) is 0 Å². The summed E-state index contributed by atoms with van der Waals surface area (Å²) in [5, 5.41) is 3.46. The Bertz CT molecular complexity index is 337. The van der Waals surface area contributed by atoms with E-state index in [4.69, 9.17) is 10.5 Å². The minimum absolute atomic E-state index is 0.250. The first-order chi connectivity index (χ1) is 8.05. The molecule has 0 unspecified atom stereocenters. The third kappa shape index (κ3) is 5.20. The maximum atomic E-state index is 5.89. The molecule has 0 saturated carbocycles. The summed E-state index contributed by atoms with van der Waals surface area (Å²) in [5.74, 6) is 0. The van der Waals surface area contributed by atoms with Crippen molar-refractivity contribution in [3.05, 3.63) is 29.8 Å². The summed E-state index contributed by atoms with van der Waals surface area (Å²) in [6.45, 7) is 7.08. The minimum Gasteiger partial charge on any atom is -0.398 e. The van der Waals surface area contributed by atoms with Gasteiger partial charge in [0.2, 0.25) is 0 Å². The second kappa shape index (κ2) is 6.62. The molecule has 1 aromatic rings. The van der Waals surface area contributed by atoms with E-state index < -0.39 is 0 Å². The Morgan fingerprint density at radius 2 is 2.00 bits per heavy atom. The van der Waals surface area contributed by atoms with Gasteiger partial charge in [0, 0.05) is 32.5 Å². The van der Waals surface area contributed by atoms with E-state index in [-0.39, 0.29) is 5.41 Å². The number of benzene rings is 1. The number of ether oxygens (including phenoxy) is 1. The van der Waals surface area contributed by atoms with Gasteiger partial charge in [-0.25, -0.2) is 0 Å². The number of para-hydroxylation sites is 1. The summed E-state index contributed by atoms with van der Waals surface area (Å²) < 4.78 is 5.11. The van der Waals surface area contributed by atoms with Crippen LogP contribution in [0.4, 0.5) is 5.69 Å². The van der Waals surface area contributed by atoms with E-state index >= 15 is 0 Å². The largest absolute Gasteiger partial charge is 0.398 e. The van der Waals surface area contributed by atoms with Crippen LogP contribution in [0.5, 0.6) is 0 Å². The van der Waals surface area contributed by atoms with Gasteiger partial charge in [0.15, 0.2) is 0 Å². The predicted octanol–water partition coefficient (Wildman–Crippen LogP) is 2.42. The van der Waals surface area contributed by atoms with E-state index in [2.05, 4.69) is 25.2 Å². The van der Waals surface area contributed by atoms with Gasteiger partial charge in [0.25, 0.3) is 0 Å². The van der Waals surface area contributed by atoms with Gasteiger partial charge in [0.05, 0.1) is 0 Å². The number of rotatable bonds is 7. The molecule has 96 valence electrons. The Balaban J connectivity index is 2.35. The van der Waals surface area contributed by atoms with Gasteiger partial charge in [-0.05, 0) is 23.5 Å². The van der Waals surface area contributed by atoms with Crippen LogP contribution in [0.15, 0.2) is 24.3 Å². The van der Waals surface area contributed by atoms with Crippen molar-refractivity contribution in [3.8, 4) is 0 Å².